The summed E-state index contributed by atoms with van der Waals surface area (Å²) in [6.07, 6.45) is 3.48. The average Bonchev–Trinajstić information content (AvgIpc) is 2.52. The van der Waals surface area contributed by atoms with Crippen LogP contribution in [0.1, 0.15) is 32.4 Å². The molecule has 0 atom stereocenters. The lowest BCUT2D eigenvalue weighted by Crippen LogP contribution is -2.14. The van der Waals surface area contributed by atoms with Crippen molar-refractivity contribution in [1.82, 2.24) is 9.88 Å². The maximum Gasteiger partial charge on any atom is 0.228 e. The number of aryl methyl sites for hydroxylation is 1. The van der Waals surface area contributed by atoms with E-state index in [1.807, 2.05) is 31.9 Å². The molecule has 0 saturated carbocycles. The first-order valence-corrected chi connectivity index (χ1v) is 8.38. The minimum absolute atomic E-state index is 0.572. The minimum atomic E-state index is 0.572. The molecule has 1 rings (SSSR count). The number of hydrogen-bond donors (Lipinski definition) is 0. The molecule has 0 unspecified atom stereocenters. The van der Waals surface area contributed by atoms with Crippen molar-refractivity contribution in [3.8, 4) is 5.88 Å². The van der Waals surface area contributed by atoms with Crippen molar-refractivity contribution in [2.45, 2.75) is 33.6 Å². The smallest absolute Gasteiger partial charge is 0.228 e. The summed E-state index contributed by atoms with van der Waals surface area (Å²) in [5, 5.41) is 3.87. The molecule has 1 aromatic heterocycles. The number of nitrogens with zero attached hydrogens (tertiary/aromatic N) is 4. The number of hydrogen-bond acceptors (Lipinski definition) is 5. The second-order valence-corrected chi connectivity index (χ2v) is 6.01. The summed E-state index contributed by atoms with van der Waals surface area (Å²) in [6.45, 7) is 7.41. The second-order valence-electron chi connectivity index (χ2n) is 5.16. The van der Waals surface area contributed by atoms with Gasteiger partial charge in [0.05, 0.1) is 34.5 Å². The Hall–Kier alpha value is -1.63. The Labute approximate surface area is 146 Å². The van der Waals surface area contributed by atoms with E-state index < -0.39 is 0 Å². The van der Waals surface area contributed by atoms with Crippen LogP contribution >= 0.6 is 15.9 Å². The van der Waals surface area contributed by atoms with Gasteiger partial charge in [-0.05, 0) is 55.6 Å². The molecule has 0 aliphatic heterocycles. The summed E-state index contributed by atoms with van der Waals surface area (Å²) in [7, 11) is 3.53. The lowest BCUT2D eigenvalue weighted by atomic mass is 10.2. The van der Waals surface area contributed by atoms with Gasteiger partial charge in [-0.25, -0.2) is 9.98 Å². The molecule has 0 aromatic carbocycles. The molecule has 0 aliphatic rings. The lowest BCUT2D eigenvalue weighted by Gasteiger charge is -2.11. The van der Waals surface area contributed by atoms with Crippen molar-refractivity contribution in [2.24, 2.45) is 10.1 Å². The van der Waals surface area contributed by atoms with Gasteiger partial charge in [0.15, 0.2) is 0 Å². The fourth-order valence-corrected chi connectivity index (χ4v) is 2.14. The summed E-state index contributed by atoms with van der Waals surface area (Å²) in [5.41, 5.74) is 2.61. The van der Waals surface area contributed by atoms with Crippen molar-refractivity contribution >= 4 is 33.7 Å². The van der Waals surface area contributed by atoms with Gasteiger partial charge in [-0.1, -0.05) is 5.16 Å². The van der Waals surface area contributed by atoms with Gasteiger partial charge in [-0.3, -0.25) is 0 Å². The molecule has 0 bridgehead atoms. The zero-order valence-electron chi connectivity index (χ0n) is 14.5. The van der Waals surface area contributed by atoms with E-state index in [1.165, 1.54) is 0 Å². The molecule has 1 aromatic rings. The maximum atomic E-state index is 5.73. The van der Waals surface area contributed by atoms with Crippen LogP contribution in [0.15, 0.2) is 20.7 Å². The molecule has 0 aliphatic carbocycles. The number of oxime groups is 1. The predicted molar refractivity (Wildman–Crippen MR) is 98.0 cm³/mol. The standard InChI is InChI=1S/C16H25BrN4O2/c1-6-21(4)11-18-15-10-14(17)16(19-13(15)3)23-9-7-8-12(2)20-22-5/h10-11H,6-9H2,1-5H3/b18-11+,20-12+. The molecule has 7 heteroatoms. The molecular formula is C16H25BrN4O2. The van der Waals surface area contributed by atoms with Crippen LogP contribution in [0.25, 0.3) is 0 Å². The first kappa shape index (κ1) is 19.4. The Morgan fingerprint density at radius 2 is 2.22 bits per heavy atom. The molecule has 0 N–H and O–H groups in total. The fraction of sp³-hybridized carbons (Fsp3) is 0.562. The van der Waals surface area contributed by atoms with Crippen molar-refractivity contribution < 1.29 is 9.57 Å². The van der Waals surface area contributed by atoms with Crippen molar-refractivity contribution in [3.05, 3.63) is 16.2 Å². The van der Waals surface area contributed by atoms with E-state index >= 15 is 0 Å². The molecule has 0 radical (unpaired) electrons. The lowest BCUT2D eigenvalue weighted by molar-refractivity contribution is 0.212. The fourth-order valence-electron chi connectivity index (χ4n) is 1.72. The van der Waals surface area contributed by atoms with Gasteiger partial charge in [0.2, 0.25) is 5.88 Å². The third kappa shape index (κ3) is 6.99. The highest BCUT2D eigenvalue weighted by Crippen LogP contribution is 2.29. The number of aliphatic imine (C=N–C) groups is 1. The molecule has 0 spiro atoms. The van der Waals surface area contributed by atoms with E-state index in [1.54, 1.807) is 13.4 Å². The van der Waals surface area contributed by atoms with Crippen LogP contribution in [0.4, 0.5) is 5.69 Å². The van der Waals surface area contributed by atoms with Gasteiger partial charge in [-0.15, -0.1) is 0 Å². The molecule has 6 nitrogen and oxygen atoms in total. The maximum absolute atomic E-state index is 5.73. The van der Waals surface area contributed by atoms with E-state index in [-0.39, 0.29) is 0 Å². The quantitative estimate of drug-likeness (QED) is 0.280. The molecule has 0 saturated heterocycles. The Morgan fingerprint density at radius 3 is 2.87 bits per heavy atom. The predicted octanol–water partition coefficient (Wildman–Crippen LogP) is 3.95. The van der Waals surface area contributed by atoms with Gasteiger partial charge in [0.25, 0.3) is 0 Å². The monoisotopic (exact) mass is 384 g/mol. The summed E-state index contributed by atoms with van der Waals surface area (Å²) in [5.74, 6) is 0.589. The van der Waals surface area contributed by atoms with Crippen molar-refractivity contribution in [2.75, 3.05) is 27.3 Å². The van der Waals surface area contributed by atoms with Gasteiger partial charge >= 0.3 is 0 Å². The van der Waals surface area contributed by atoms with E-state index in [0.717, 1.165) is 41.0 Å². The number of rotatable bonds is 9. The highest BCUT2D eigenvalue weighted by atomic mass is 79.9. The largest absolute Gasteiger partial charge is 0.477 e. The van der Waals surface area contributed by atoms with Gasteiger partial charge in [-0.2, -0.15) is 0 Å². The number of pyridine rings is 1. The molecule has 0 amide bonds. The zero-order valence-corrected chi connectivity index (χ0v) is 16.1. The van der Waals surface area contributed by atoms with Crippen LogP contribution in [0.5, 0.6) is 5.88 Å². The van der Waals surface area contributed by atoms with E-state index in [9.17, 15) is 0 Å². The summed E-state index contributed by atoms with van der Waals surface area (Å²) >= 11 is 3.49. The normalized spacial score (nSPS) is 11.8. The van der Waals surface area contributed by atoms with Gasteiger partial charge in [0.1, 0.15) is 7.11 Å². The van der Waals surface area contributed by atoms with Crippen LogP contribution in [-0.2, 0) is 4.84 Å². The van der Waals surface area contributed by atoms with Crippen LogP contribution in [0.2, 0.25) is 0 Å². The summed E-state index contributed by atoms with van der Waals surface area (Å²) < 4.78 is 6.53. The second kappa shape index (κ2) is 10.2. The molecule has 23 heavy (non-hydrogen) atoms. The third-order valence-corrected chi connectivity index (χ3v) is 3.74. The summed E-state index contributed by atoms with van der Waals surface area (Å²) in [6, 6.07) is 1.93. The van der Waals surface area contributed by atoms with E-state index in [4.69, 9.17) is 9.57 Å². The minimum Gasteiger partial charge on any atom is -0.477 e. The molecule has 0 fully saturated rings. The Bertz CT molecular complexity index is 561. The third-order valence-electron chi connectivity index (χ3n) is 3.17. The SMILES string of the molecule is CCN(C)/C=N/c1cc(Br)c(OCCC/C(C)=N/OC)nc1C. The van der Waals surface area contributed by atoms with E-state index in [2.05, 4.69) is 38.0 Å². The van der Waals surface area contributed by atoms with E-state index in [0.29, 0.717) is 12.5 Å². The Morgan fingerprint density at radius 1 is 1.48 bits per heavy atom. The molecular weight excluding hydrogens is 360 g/mol. The number of aromatic nitrogens is 1. The van der Waals surface area contributed by atoms with Crippen molar-refractivity contribution in [1.29, 1.82) is 0 Å². The first-order valence-electron chi connectivity index (χ1n) is 7.58. The summed E-state index contributed by atoms with van der Waals surface area (Å²) in [4.78, 5) is 15.6. The average molecular weight is 385 g/mol. The Balaban J connectivity index is 2.63. The van der Waals surface area contributed by atoms with Gasteiger partial charge in [0, 0.05) is 13.6 Å². The van der Waals surface area contributed by atoms with Crippen LogP contribution in [0, 0.1) is 6.92 Å². The van der Waals surface area contributed by atoms with Gasteiger partial charge < -0.3 is 14.5 Å². The highest BCUT2D eigenvalue weighted by molar-refractivity contribution is 9.10. The number of halogens is 1. The Kier molecular flexibility index (Phi) is 8.61. The van der Waals surface area contributed by atoms with Crippen LogP contribution in [-0.4, -0.2) is 49.2 Å². The molecule has 128 valence electrons. The zero-order chi connectivity index (χ0) is 17.2. The van der Waals surface area contributed by atoms with Crippen molar-refractivity contribution in [3.63, 3.8) is 0 Å². The molecule has 1 heterocycles. The van der Waals surface area contributed by atoms with Crippen LogP contribution < -0.4 is 4.74 Å². The highest BCUT2D eigenvalue weighted by Gasteiger charge is 2.08. The first-order chi connectivity index (χ1) is 11.0. The number of ether oxygens (including phenoxy) is 1. The van der Waals surface area contributed by atoms with Crippen LogP contribution in [0.3, 0.4) is 0 Å². The topological polar surface area (TPSA) is 59.3 Å².